The number of alkyl halides is 3. The fraction of sp³-hybridized carbons (Fsp3) is 0.250. The Bertz CT molecular complexity index is 458. The van der Waals surface area contributed by atoms with E-state index in [9.17, 15) is 4.79 Å². The summed E-state index contributed by atoms with van der Waals surface area (Å²) < 4.78 is -1.79. The van der Waals surface area contributed by atoms with E-state index in [0.717, 1.165) is 0 Å². The summed E-state index contributed by atoms with van der Waals surface area (Å²) >= 11 is 34.8. The van der Waals surface area contributed by atoms with Gasteiger partial charge in [-0.15, -0.1) is 11.6 Å². The third-order valence-electron chi connectivity index (χ3n) is 1.83. The van der Waals surface area contributed by atoms with Crippen molar-refractivity contribution in [2.75, 3.05) is 0 Å². The molecule has 1 rings (SSSR count). The van der Waals surface area contributed by atoms with Gasteiger partial charge in [-0.3, -0.25) is 4.79 Å². The van der Waals surface area contributed by atoms with Crippen molar-refractivity contribution in [1.29, 1.82) is 5.26 Å². The molecule has 1 unspecified atom stereocenters. The third-order valence-corrected chi connectivity index (χ3v) is 5.06. The molecule has 0 saturated heterocycles. The molecule has 0 aromatic rings. The van der Waals surface area contributed by atoms with Crippen molar-refractivity contribution in [3.8, 4) is 6.07 Å². The molecule has 0 radical (unpaired) electrons. The van der Waals surface area contributed by atoms with Crippen LogP contribution in [-0.4, -0.2) is 15.5 Å². The van der Waals surface area contributed by atoms with E-state index in [0.29, 0.717) is 0 Å². The first-order chi connectivity index (χ1) is 7.25. The van der Waals surface area contributed by atoms with Crippen LogP contribution in [0.3, 0.4) is 0 Å². The Morgan fingerprint density at radius 3 is 2.19 bits per heavy atom. The van der Waals surface area contributed by atoms with E-state index in [1.54, 1.807) is 0 Å². The second-order valence-corrected chi connectivity index (χ2v) is 5.74. The van der Waals surface area contributed by atoms with Crippen molar-refractivity contribution in [1.82, 2.24) is 0 Å². The molecule has 1 atom stereocenters. The summed E-state index contributed by atoms with van der Waals surface area (Å²) in [6, 6.07) is 1.36. The lowest BCUT2D eigenvalue weighted by Crippen LogP contribution is -2.35. The highest BCUT2D eigenvalue weighted by atomic mass is 35.5. The van der Waals surface area contributed by atoms with Gasteiger partial charge in [-0.05, 0) is 0 Å². The van der Waals surface area contributed by atoms with E-state index >= 15 is 0 Å². The third kappa shape index (κ3) is 2.18. The van der Waals surface area contributed by atoms with E-state index in [2.05, 4.69) is 0 Å². The van der Waals surface area contributed by atoms with Gasteiger partial charge in [-0.1, -0.05) is 58.0 Å². The highest BCUT2D eigenvalue weighted by molar-refractivity contribution is 6.63. The molecule has 2 nitrogen and oxygen atoms in total. The molecule has 0 aromatic carbocycles. The van der Waals surface area contributed by atoms with Gasteiger partial charge in [-0.25, -0.2) is 0 Å². The number of hydrogen-bond acceptors (Lipinski definition) is 2. The van der Waals surface area contributed by atoms with E-state index in [4.69, 9.17) is 74.9 Å². The number of carbonyl (C=O) groups excluding carboxylic acids is 1. The molecular formula is C8HCl6NO. The van der Waals surface area contributed by atoms with Crippen LogP contribution in [0.1, 0.15) is 0 Å². The Balaban J connectivity index is 3.49. The van der Waals surface area contributed by atoms with Crippen LogP contribution < -0.4 is 0 Å². The lowest BCUT2D eigenvalue weighted by molar-refractivity contribution is -0.110. The second kappa shape index (κ2) is 4.94. The van der Waals surface area contributed by atoms with Gasteiger partial charge in [0.25, 0.3) is 5.78 Å². The molecule has 0 bridgehead atoms. The van der Waals surface area contributed by atoms with Crippen molar-refractivity contribution in [3.05, 3.63) is 20.7 Å². The van der Waals surface area contributed by atoms with Crippen LogP contribution in [0.15, 0.2) is 20.7 Å². The molecular weight excluding hydrogens is 339 g/mol. The highest BCUT2D eigenvalue weighted by Crippen LogP contribution is 2.51. The maximum absolute atomic E-state index is 11.3. The summed E-state index contributed by atoms with van der Waals surface area (Å²) in [4.78, 5) is 11.3. The molecule has 1 aliphatic rings. The first-order valence-corrected chi connectivity index (χ1v) is 5.99. The van der Waals surface area contributed by atoms with Gasteiger partial charge in [0.05, 0.1) is 20.7 Å². The number of allylic oxidation sites excluding steroid dienone is 4. The predicted octanol–water partition coefficient (Wildman–Crippen LogP) is 4.06. The Morgan fingerprint density at radius 1 is 1.25 bits per heavy atom. The zero-order valence-corrected chi connectivity index (χ0v) is 11.7. The van der Waals surface area contributed by atoms with Crippen molar-refractivity contribution >= 4 is 75.4 Å². The maximum atomic E-state index is 11.3. The highest BCUT2D eigenvalue weighted by Gasteiger charge is 2.47. The van der Waals surface area contributed by atoms with Crippen molar-refractivity contribution in [2.45, 2.75) is 9.71 Å². The summed E-state index contributed by atoms with van der Waals surface area (Å²) in [5.74, 6) is -0.960. The van der Waals surface area contributed by atoms with Crippen LogP contribution in [0.4, 0.5) is 0 Å². The van der Waals surface area contributed by atoms with Gasteiger partial charge in [0, 0.05) is 0 Å². The summed E-state index contributed by atoms with van der Waals surface area (Å²) in [5, 5.41) is 6.68. The van der Waals surface area contributed by atoms with Crippen molar-refractivity contribution < 1.29 is 4.79 Å². The summed E-state index contributed by atoms with van der Waals surface area (Å²) in [7, 11) is 0. The Hall–Kier alpha value is 0.380. The van der Waals surface area contributed by atoms with Crippen LogP contribution in [0.5, 0.6) is 0 Å². The average Bonchev–Trinajstić information content (AvgIpc) is 2.24. The van der Waals surface area contributed by atoms with Gasteiger partial charge >= 0.3 is 0 Å². The molecule has 0 saturated carbocycles. The first-order valence-electron chi connectivity index (χ1n) is 3.67. The fourth-order valence-corrected chi connectivity index (χ4v) is 2.76. The molecule has 16 heavy (non-hydrogen) atoms. The largest absolute Gasteiger partial charge is 0.277 e. The van der Waals surface area contributed by atoms with Crippen LogP contribution >= 0.6 is 69.6 Å². The number of hydrogen-bond donors (Lipinski definition) is 0. The smallest absolute Gasteiger partial charge is 0.261 e. The molecule has 0 heterocycles. The molecule has 0 aromatic heterocycles. The summed E-state index contributed by atoms with van der Waals surface area (Å²) in [5.41, 5.74) is -0.259. The zero-order valence-electron chi connectivity index (χ0n) is 7.20. The fourth-order valence-electron chi connectivity index (χ4n) is 1.04. The lowest BCUT2D eigenvalue weighted by Gasteiger charge is -2.30. The van der Waals surface area contributed by atoms with Gasteiger partial charge in [0.1, 0.15) is 11.4 Å². The van der Waals surface area contributed by atoms with E-state index in [1.807, 2.05) is 0 Å². The van der Waals surface area contributed by atoms with E-state index in [-0.39, 0.29) is 20.7 Å². The van der Waals surface area contributed by atoms with Crippen LogP contribution in [0.25, 0.3) is 0 Å². The van der Waals surface area contributed by atoms with Crippen LogP contribution in [0, 0.1) is 11.3 Å². The minimum Gasteiger partial charge on any atom is -0.277 e. The average molecular weight is 340 g/mol. The minimum atomic E-state index is -1.79. The summed E-state index contributed by atoms with van der Waals surface area (Å²) in [6.45, 7) is 0. The monoisotopic (exact) mass is 337 g/mol. The number of nitrogens with zero attached hydrogens (tertiary/aromatic N) is 1. The first kappa shape index (κ1) is 14.4. The summed E-state index contributed by atoms with van der Waals surface area (Å²) in [6.07, 6.45) is 0. The molecule has 8 heteroatoms. The molecule has 0 aliphatic heterocycles. The molecule has 0 fully saturated rings. The SMILES string of the molecule is N#CC(=O)C1=C(Cl)C(Cl)=C(Cl)C(Cl)(Cl)C1Cl. The van der Waals surface area contributed by atoms with Crippen molar-refractivity contribution in [2.24, 2.45) is 0 Å². The Morgan fingerprint density at radius 2 is 1.75 bits per heavy atom. The quantitative estimate of drug-likeness (QED) is 0.534. The van der Waals surface area contributed by atoms with E-state index in [1.165, 1.54) is 6.07 Å². The molecule has 1 aliphatic carbocycles. The Labute approximate surface area is 121 Å². The second-order valence-electron chi connectivity index (χ2n) is 2.78. The number of nitriles is 1. The lowest BCUT2D eigenvalue weighted by atomic mass is 9.99. The van der Waals surface area contributed by atoms with Crippen LogP contribution in [-0.2, 0) is 4.79 Å². The normalized spacial score (nSPS) is 24.4. The van der Waals surface area contributed by atoms with Gasteiger partial charge in [-0.2, -0.15) is 5.26 Å². The van der Waals surface area contributed by atoms with Crippen molar-refractivity contribution in [3.63, 3.8) is 0 Å². The Kier molecular flexibility index (Phi) is 4.46. The molecule has 0 N–H and O–H groups in total. The number of rotatable bonds is 1. The number of Topliss-reactive ketones (excluding diaryl/α,β-unsaturated/α-hetero) is 1. The number of halogens is 6. The van der Waals surface area contributed by atoms with Gasteiger partial charge in [0.15, 0.2) is 4.33 Å². The molecule has 86 valence electrons. The van der Waals surface area contributed by atoms with E-state index < -0.39 is 15.5 Å². The minimum absolute atomic E-state index is 0.183. The van der Waals surface area contributed by atoms with Gasteiger partial charge in [0.2, 0.25) is 0 Å². The standard InChI is InChI=1S/C8HCl6NO/c9-4-3(2(16)1-15)6(11)8(13,14)7(12)5(4)10/h6H. The topological polar surface area (TPSA) is 40.9 Å². The number of carbonyl (C=O) groups is 1. The molecule has 0 amide bonds. The molecule has 0 spiro atoms. The zero-order chi connectivity index (χ0) is 12.7. The number of ketones is 1. The van der Waals surface area contributed by atoms with Crippen LogP contribution in [0.2, 0.25) is 0 Å². The maximum Gasteiger partial charge on any atom is 0.261 e. The predicted molar refractivity (Wildman–Crippen MR) is 66.3 cm³/mol. The van der Waals surface area contributed by atoms with Gasteiger partial charge < -0.3 is 0 Å².